The normalized spacial score (nSPS) is 15.1. The van der Waals surface area contributed by atoms with E-state index < -0.39 is 9.02 Å². The molecular weight excluding hydrogens is 576 g/mol. The topological polar surface area (TPSA) is 118 Å². The standard InChI is InChI=1S/C24H16Br2N8O/c25-23(21-27-31-32-28-21,19-11-9-15-5-1-3-7-17(15)13-19)35-24(26,22-29-33-34-30-22)20-12-10-16-6-2-4-8-18(16)14-20/h1-14H,(H,27,28,31,32)(H,29,30,33,34). The van der Waals surface area contributed by atoms with E-state index in [1.807, 2.05) is 84.9 Å². The first-order valence-corrected chi connectivity index (χ1v) is 12.2. The molecule has 0 radical (unpaired) electrons. The molecule has 172 valence electrons. The van der Waals surface area contributed by atoms with Gasteiger partial charge in [0.2, 0.25) is 20.7 Å². The summed E-state index contributed by atoms with van der Waals surface area (Å²) in [5, 5.41) is 33.8. The maximum absolute atomic E-state index is 6.85. The number of nitrogens with one attached hydrogen (secondary N) is 2. The molecule has 0 aliphatic heterocycles. The monoisotopic (exact) mass is 590 g/mol. The van der Waals surface area contributed by atoms with E-state index in [9.17, 15) is 0 Å². The van der Waals surface area contributed by atoms with E-state index in [4.69, 9.17) is 4.74 Å². The number of ether oxygens (including phenoxy) is 1. The molecule has 0 saturated carbocycles. The Labute approximate surface area is 215 Å². The van der Waals surface area contributed by atoms with Crippen LogP contribution in [-0.2, 0) is 13.8 Å². The van der Waals surface area contributed by atoms with Crippen molar-refractivity contribution < 1.29 is 4.74 Å². The second kappa shape index (κ2) is 8.59. The summed E-state index contributed by atoms with van der Waals surface area (Å²) in [6.07, 6.45) is 0. The SMILES string of the molecule is BrC(OC(Br)(c1ccc2ccccc2c1)c1nn[nH]n1)(c1ccc2ccccc2c1)c1nn[nH]n1. The van der Waals surface area contributed by atoms with Crippen molar-refractivity contribution in [2.24, 2.45) is 0 Å². The lowest BCUT2D eigenvalue weighted by molar-refractivity contribution is -0.0179. The molecule has 0 amide bonds. The lowest BCUT2D eigenvalue weighted by Crippen LogP contribution is -2.37. The summed E-state index contributed by atoms with van der Waals surface area (Å²) in [5.41, 5.74) is 1.51. The lowest BCUT2D eigenvalue weighted by atomic mass is 10.0. The van der Waals surface area contributed by atoms with Crippen molar-refractivity contribution in [3.8, 4) is 0 Å². The molecule has 11 heteroatoms. The summed E-state index contributed by atoms with van der Waals surface area (Å²) >= 11 is 7.62. The average Bonchev–Trinajstić information content (AvgIpc) is 3.63. The molecule has 2 heterocycles. The van der Waals surface area contributed by atoms with Crippen LogP contribution in [0.4, 0.5) is 0 Å². The zero-order valence-corrected chi connectivity index (χ0v) is 21.1. The van der Waals surface area contributed by atoms with E-state index in [-0.39, 0.29) is 11.6 Å². The van der Waals surface area contributed by atoms with Gasteiger partial charge in [-0.15, -0.1) is 20.4 Å². The predicted molar refractivity (Wildman–Crippen MR) is 137 cm³/mol. The predicted octanol–water partition coefficient (Wildman–Crippen LogP) is 4.93. The molecule has 2 unspecified atom stereocenters. The molecule has 2 aromatic heterocycles. The number of aromatic nitrogens is 8. The zero-order valence-electron chi connectivity index (χ0n) is 17.9. The van der Waals surface area contributed by atoms with Gasteiger partial charge >= 0.3 is 0 Å². The molecule has 0 aliphatic rings. The molecule has 9 nitrogen and oxygen atoms in total. The Morgan fingerprint density at radius 3 is 1.40 bits per heavy atom. The van der Waals surface area contributed by atoms with E-state index in [1.54, 1.807) is 0 Å². The fraction of sp³-hybridized carbons (Fsp3) is 0.0833. The molecule has 0 aliphatic carbocycles. The van der Waals surface area contributed by atoms with E-state index >= 15 is 0 Å². The highest BCUT2D eigenvalue weighted by atomic mass is 79.9. The Bertz CT molecular complexity index is 1500. The van der Waals surface area contributed by atoms with Gasteiger partial charge in [-0.25, -0.2) is 0 Å². The minimum atomic E-state index is -1.33. The Kier molecular flexibility index (Phi) is 5.39. The van der Waals surface area contributed by atoms with Gasteiger partial charge in [-0.05, 0) is 65.5 Å². The molecule has 6 rings (SSSR count). The van der Waals surface area contributed by atoms with Crippen LogP contribution in [-0.4, -0.2) is 41.2 Å². The summed E-state index contributed by atoms with van der Waals surface area (Å²) < 4.78 is 4.18. The Morgan fingerprint density at radius 1 is 0.571 bits per heavy atom. The maximum Gasteiger partial charge on any atom is 0.222 e. The highest BCUT2D eigenvalue weighted by Crippen LogP contribution is 2.49. The third-order valence-corrected chi connectivity index (χ3v) is 7.74. The number of H-pyrrole nitrogens is 2. The van der Waals surface area contributed by atoms with Crippen LogP contribution in [0.15, 0.2) is 84.9 Å². The number of hydrogen-bond donors (Lipinski definition) is 2. The van der Waals surface area contributed by atoms with Crippen LogP contribution in [0.25, 0.3) is 21.5 Å². The fourth-order valence-electron chi connectivity index (χ4n) is 4.04. The van der Waals surface area contributed by atoms with Gasteiger partial charge in [0.15, 0.2) is 0 Å². The number of halogens is 2. The van der Waals surface area contributed by atoms with Crippen molar-refractivity contribution in [3.63, 3.8) is 0 Å². The van der Waals surface area contributed by atoms with Crippen LogP contribution in [0.2, 0.25) is 0 Å². The lowest BCUT2D eigenvalue weighted by Gasteiger charge is -2.35. The Hall–Kier alpha value is -3.54. The van der Waals surface area contributed by atoms with Gasteiger partial charge in [-0.1, -0.05) is 83.2 Å². The van der Waals surface area contributed by atoms with Crippen LogP contribution < -0.4 is 0 Å². The van der Waals surface area contributed by atoms with E-state index in [0.717, 1.165) is 32.7 Å². The summed E-state index contributed by atoms with van der Waals surface area (Å²) in [4.78, 5) is 0. The van der Waals surface area contributed by atoms with E-state index in [0.29, 0.717) is 0 Å². The van der Waals surface area contributed by atoms with Crippen LogP contribution in [0.3, 0.4) is 0 Å². The minimum Gasteiger partial charge on any atom is -0.322 e. The number of tetrazole rings is 2. The summed E-state index contributed by atoms with van der Waals surface area (Å²) in [6, 6.07) is 28.1. The molecule has 35 heavy (non-hydrogen) atoms. The van der Waals surface area contributed by atoms with Gasteiger partial charge in [-0.2, -0.15) is 10.4 Å². The Morgan fingerprint density at radius 2 is 1.00 bits per heavy atom. The van der Waals surface area contributed by atoms with Crippen molar-refractivity contribution in [2.45, 2.75) is 9.02 Å². The summed E-state index contributed by atoms with van der Waals surface area (Å²) in [7, 11) is 0. The first kappa shape index (κ1) is 22.0. The van der Waals surface area contributed by atoms with Gasteiger partial charge in [0.1, 0.15) is 0 Å². The van der Waals surface area contributed by atoms with Crippen molar-refractivity contribution in [3.05, 3.63) is 108 Å². The van der Waals surface area contributed by atoms with Gasteiger partial charge in [0.25, 0.3) is 0 Å². The third kappa shape index (κ3) is 3.81. The molecule has 4 aromatic carbocycles. The smallest absolute Gasteiger partial charge is 0.222 e. The van der Waals surface area contributed by atoms with E-state index in [1.165, 1.54) is 0 Å². The average molecular weight is 592 g/mol. The number of hydrogen-bond acceptors (Lipinski definition) is 7. The van der Waals surface area contributed by atoms with Gasteiger partial charge in [0.05, 0.1) is 0 Å². The maximum atomic E-state index is 6.85. The molecule has 0 spiro atoms. The summed E-state index contributed by atoms with van der Waals surface area (Å²) in [6.45, 7) is 0. The van der Waals surface area contributed by atoms with E-state index in [2.05, 4.69) is 73.1 Å². The highest BCUT2D eigenvalue weighted by Gasteiger charge is 2.49. The number of benzene rings is 4. The fourth-order valence-corrected chi connectivity index (χ4v) is 5.57. The largest absolute Gasteiger partial charge is 0.322 e. The Balaban J connectivity index is 1.55. The second-order valence-electron chi connectivity index (χ2n) is 7.89. The minimum absolute atomic E-state index is 0.279. The molecule has 2 atom stereocenters. The van der Waals surface area contributed by atoms with Gasteiger partial charge in [-0.3, -0.25) is 0 Å². The zero-order chi connectivity index (χ0) is 23.9. The molecule has 0 fully saturated rings. The van der Waals surface area contributed by atoms with Crippen LogP contribution in [0.5, 0.6) is 0 Å². The molecule has 0 saturated heterocycles. The van der Waals surface area contributed by atoms with Crippen LogP contribution >= 0.6 is 31.9 Å². The number of aromatic amines is 2. The molecule has 0 bridgehead atoms. The highest BCUT2D eigenvalue weighted by molar-refractivity contribution is 9.10. The second-order valence-corrected chi connectivity index (χ2v) is 10.1. The van der Waals surface area contributed by atoms with Crippen LogP contribution in [0.1, 0.15) is 22.8 Å². The first-order valence-electron chi connectivity index (χ1n) is 10.6. The number of nitrogens with zero attached hydrogens (tertiary/aromatic N) is 6. The molecule has 6 aromatic rings. The van der Waals surface area contributed by atoms with Crippen molar-refractivity contribution in [2.75, 3.05) is 0 Å². The molecular formula is C24H16Br2N8O. The van der Waals surface area contributed by atoms with Gasteiger partial charge in [0, 0.05) is 11.1 Å². The number of fused-ring (bicyclic) bond motifs is 2. The first-order chi connectivity index (χ1) is 17.1. The van der Waals surface area contributed by atoms with Crippen molar-refractivity contribution in [1.29, 1.82) is 0 Å². The quantitative estimate of drug-likeness (QED) is 0.264. The van der Waals surface area contributed by atoms with Gasteiger partial charge < -0.3 is 4.74 Å². The molecule has 2 N–H and O–H groups in total. The number of alkyl halides is 2. The number of rotatable bonds is 6. The summed E-state index contributed by atoms with van der Waals surface area (Å²) in [5.74, 6) is 0.557. The third-order valence-electron chi connectivity index (χ3n) is 5.79. The van der Waals surface area contributed by atoms with Crippen molar-refractivity contribution in [1.82, 2.24) is 41.2 Å². The van der Waals surface area contributed by atoms with Crippen LogP contribution in [0, 0.1) is 0 Å². The van der Waals surface area contributed by atoms with Crippen molar-refractivity contribution >= 4 is 53.4 Å².